The van der Waals surface area contributed by atoms with Crippen LogP contribution in [-0.2, 0) is 6.54 Å². The number of hydrogen-bond donors (Lipinski definition) is 0. The van der Waals surface area contributed by atoms with Crippen molar-refractivity contribution in [1.29, 1.82) is 0 Å². The van der Waals surface area contributed by atoms with E-state index in [1.54, 1.807) is 12.1 Å². The largest absolute Gasteiger partial charge is 0.464 e. The predicted octanol–water partition coefficient (Wildman–Crippen LogP) is 4.81. The quantitative estimate of drug-likeness (QED) is 0.776. The second-order valence-corrected chi connectivity index (χ2v) is 6.62. The van der Waals surface area contributed by atoms with Gasteiger partial charge in [0.2, 0.25) is 0 Å². The molecule has 3 nitrogen and oxygen atoms in total. The van der Waals surface area contributed by atoms with Gasteiger partial charge in [-0.3, -0.25) is 4.79 Å². The van der Waals surface area contributed by atoms with E-state index in [0.717, 1.165) is 28.8 Å². The lowest BCUT2D eigenvalue weighted by molar-refractivity contribution is 0.0717. The Kier molecular flexibility index (Phi) is 4.09. The number of carbonyl (C=O) groups excluding carboxylic acids is 1. The molecule has 3 rings (SSSR count). The van der Waals surface area contributed by atoms with Crippen molar-refractivity contribution in [2.45, 2.75) is 32.4 Å². The Morgan fingerprint density at radius 3 is 2.76 bits per heavy atom. The van der Waals surface area contributed by atoms with Crippen molar-refractivity contribution in [2.75, 3.05) is 0 Å². The summed E-state index contributed by atoms with van der Waals surface area (Å²) >= 11 is 9.56. The lowest BCUT2D eigenvalue weighted by atomic mass is 10.2. The van der Waals surface area contributed by atoms with Crippen molar-refractivity contribution in [3.05, 3.63) is 56.9 Å². The van der Waals surface area contributed by atoms with Gasteiger partial charge in [0, 0.05) is 10.5 Å². The highest BCUT2D eigenvalue weighted by Crippen LogP contribution is 2.32. The molecular weight excluding hydrogens is 354 g/mol. The summed E-state index contributed by atoms with van der Waals surface area (Å²) in [5, 5.41) is 0.476. The van der Waals surface area contributed by atoms with Crippen molar-refractivity contribution in [3.8, 4) is 0 Å². The number of amides is 1. The van der Waals surface area contributed by atoms with Crippen LogP contribution in [0.2, 0.25) is 5.02 Å². The molecule has 1 aliphatic rings. The fraction of sp³-hybridized carbons (Fsp3) is 0.312. The highest BCUT2D eigenvalue weighted by Gasteiger charge is 2.34. The smallest absolute Gasteiger partial charge is 0.256 e. The van der Waals surface area contributed by atoms with E-state index in [1.165, 1.54) is 0 Å². The fourth-order valence-corrected chi connectivity index (χ4v) is 2.87. The van der Waals surface area contributed by atoms with Gasteiger partial charge in [-0.05, 0) is 50.1 Å². The van der Waals surface area contributed by atoms with E-state index in [9.17, 15) is 4.79 Å². The molecule has 21 heavy (non-hydrogen) atoms. The van der Waals surface area contributed by atoms with Gasteiger partial charge in [-0.2, -0.15) is 0 Å². The third kappa shape index (κ3) is 3.33. The van der Waals surface area contributed by atoms with Gasteiger partial charge in [-0.15, -0.1) is 0 Å². The molecule has 0 bridgehead atoms. The maximum Gasteiger partial charge on any atom is 0.256 e. The summed E-state index contributed by atoms with van der Waals surface area (Å²) in [5.41, 5.74) is 0.529. The summed E-state index contributed by atoms with van der Waals surface area (Å²) in [6.45, 7) is 2.39. The fourth-order valence-electron chi connectivity index (χ4n) is 2.31. The zero-order valence-corrected chi connectivity index (χ0v) is 13.9. The van der Waals surface area contributed by atoms with E-state index in [0.29, 0.717) is 17.1 Å². The summed E-state index contributed by atoms with van der Waals surface area (Å²) in [5.74, 6) is 1.62. The Hall–Kier alpha value is -1.26. The van der Waals surface area contributed by atoms with Crippen LogP contribution in [0.1, 0.15) is 34.7 Å². The predicted molar refractivity (Wildman–Crippen MR) is 85.5 cm³/mol. The van der Waals surface area contributed by atoms with Gasteiger partial charge >= 0.3 is 0 Å². The van der Waals surface area contributed by atoms with Crippen LogP contribution < -0.4 is 0 Å². The third-order valence-corrected chi connectivity index (χ3v) is 4.35. The molecule has 0 atom stereocenters. The highest BCUT2D eigenvalue weighted by atomic mass is 79.9. The normalized spacial score (nSPS) is 14.2. The number of rotatable bonds is 4. The summed E-state index contributed by atoms with van der Waals surface area (Å²) in [6, 6.07) is 9.46. The van der Waals surface area contributed by atoms with Crippen molar-refractivity contribution < 1.29 is 9.21 Å². The first-order valence-corrected chi connectivity index (χ1v) is 8.03. The molecule has 0 spiro atoms. The number of furan rings is 1. The monoisotopic (exact) mass is 367 g/mol. The molecule has 110 valence electrons. The Labute approximate surface area is 137 Å². The van der Waals surface area contributed by atoms with E-state index in [2.05, 4.69) is 15.9 Å². The Bertz CT molecular complexity index is 679. The maximum absolute atomic E-state index is 12.8. The van der Waals surface area contributed by atoms with E-state index in [-0.39, 0.29) is 11.9 Å². The third-order valence-electron chi connectivity index (χ3n) is 3.53. The van der Waals surface area contributed by atoms with Crippen LogP contribution in [0.25, 0.3) is 0 Å². The standard InChI is InChI=1S/C16H15BrClNO2/c1-10-2-6-13(21-10)9-19(12-4-5-12)16(20)14-8-11(17)3-7-15(14)18/h2-3,6-8,12H,4-5,9H2,1H3. The molecule has 1 fully saturated rings. The number of carbonyl (C=O) groups is 1. The number of hydrogen-bond acceptors (Lipinski definition) is 2. The SMILES string of the molecule is Cc1ccc(CN(C(=O)c2cc(Br)ccc2Cl)C2CC2)o1. The molecule has 0 aliphatic heterocycles. The Balaban J connectivity index is 1.86. The molecule has 5 heteroatoms. The lowest BCUT2D eigenvalue weighted by Gasteiger charge is -2.22. The molecule has 2 aromatic rings. The number of halogens is 2. The van der Waals surface area contributed by atoms with Crippen LogP contribution in [0, 0.1) is 6.92 Å². The molecule has 1 aromatic heterocycles. The molecule has 0 unspecified atom stereocenters. The van der Waals surface area contributed by atoms with Crippen LogP contribution in [0.4, 0.5) is 0 Å². The maximum atomic E-state index is 12.8. The zero-order valence-electron chi connectivity index (χ0n) is 11.6. The second-order valence-electron chi connectivity index (χ2n) is 5.30. The van der Waals surface area contributed by atoms with Crippen molar-refractivity contribution in [3.63, 3.8) is 0 Å². The van der Waals surface area contributed by atoms with Crippen molar-refractivity contribution in [1.82, 2.24) is 4.90 Å². The van der Waals surface area contributed by atoms with Gasteiger partial charge in [-0.1, -0.05) is 27.5 Å². The van der Waals surface area contributed by atoms with E-state index >= 15 is 0 Å². The average molecular weight is 369 g/mol. The second kappa shape index (κ2) is 5.85. The average Bonchev–Trinajstić information content (AvgIpc) is 3.21. The summed E-state index contributed by atoms with van der Waals surface area (Å²) in [4.78, 5) is 14.6. The van der Waals surface area contributed by atoms with E-state index in [4.69, 9.17) is 16.0 Å². The van der Waals surface area contributed by atoms with Crippen LogP contribution in [0.3, 0.4) is 0 Å². The number of nitrogens with zero attached hydrogens (tertiary/aromatic N) is 1. The van der Waals surface area contributed by atoms with Crippen LogP contribution in [0.15, 0.2) is 39.2 Å². The molecule has 1 heterocycles. The minimum Gasteiger partial charge on any atom is -0.464 e. The van der Waals surface area contributed by atoms with Crippen LogP contribution >= 0.6 is 27.5 Å². The highest BCUT2D eigenvalue weighted by molar-refractivity contribution is 9.10. The molecule has 1 aromatic carbocycles. The van der Waals surface area contributed by atoms with Gasteiger partial charge in [-0.25, -0.2) is 0 Å². The Morgan fingerprint density at radius 2 is 2.14 bits per heavy atom. The topological polar surface area (TPSA) is 33.5 Å². The first-order valence-electron chi connectivity index (χ1n) is 6.86. The molecule has 1 amide bonds. The first kappa shape index (κ1) is 14.7. The molecule has 0 N–H and O–H groups in total. The summed E-state index contributed by atoms with van der Waals surface area (Å²) < 4.78 is 6.44. The van der Waals surface area contributed by atoms with E-state index < -0.39 is 0 Å². The summed E-state index contributed by atoms with van der Waals surface area (Å²) in [7, 11) is 0. The lowest BCUT2D eigenvalue weighted by Crippen LogP contribution is -2.32. The van der Waals surface area contributed by atoms with Gasteiger partial charge < -0.3 is 9.32 Å². The minimum atomic E-state index is -0.0437. The molecule has 1 saturated carbocycles. The summed E-state index contributed by atoms with van der Waals surface area (Å²) in [6.07, 6.45) is 2.08. The molecular formula is C16H15BrClNO2. The molecule has 0 radical (unpaired) electrons. The number of aryl methyl sites for hydroxylation is 1. The van der Waals surface area contributed by atoms with E-state index in [1.807, 2.05) is 30.0 Å². The first-order chi connectivity index (χ1) is 10.0. The number of benzene rings is 1. The Morgan fingerprint density at radius 1 is 1.38 bits per heavy atom. The van der Waals surface area contributed by atoms with Crippen molar-refractivity contribution >= 4 is 33.4 Å². The van der Waals surface area contributed by atoms with Gasteiger partial charge in [0.25, 0.3) is 5.91 Å². The van der Waals surface area contributed by atoms with Gasteiger partial charge in [0.15, 0.2) is 0 Å². The molecule has 0 saturated heterocycles. The minimum absolute atomic E-state index is 0.0437. The zero-order chi connectivity index (χ0) is 15.0. The van der Waals surface area contributed by atoms with Gasteiger partial charge in [0.1, 0.15) is 11.5 Å². The van der Waals surface area contributed by atoms with Crippen LogP contribution in [-0.4, -0.2) is 16.8 Å². The van der Waals surface area contributed by atoms with Gasteiger partial charge in [0.05, 0.1) is 17.1 Å². The van der Waals surface area contributed by atoms with Crippen molar-refractivity contribution in [2.24, 2.45) is 0 Å². The van der Waals surface area contributed by atoms with Crippen LogP contribution in [0.5, 0.6) is 0 Å². The molecule has 1 aliphatic carbocycles.